The third kappa shape index (κ3) is 2.92. The number of rotatable bonds is 2. The van der Waals surface area contributed by atoms with Gasteiger partial charge in [0.05, 0.1) is 5.56 Å². The Hall–Kier alpha value is -0.160. The van der Waals surface area contributed by atoms with Crippen LogP contribution in [0.3, 0.4) is 0 Å². The molecule has 0 bridgehead atoms. The summed E-state index contributed by atoms with van der Waals surface area (Å²) in [5.74, 6) is 0.750. The molecule has 1 aromatic carbocycles. The molecule has 1 rings (SSSR count). The zero-order valence-corrected chi connectivity index (χ0v) is 9.76. The molecule has 14 heavy (non-hydrogen) atoms. The summed E-state index contributed by atoms with van der Waals surface area (Å²) in [6, 6.07) is 3.67. The van der Waals surface area contributed by atoms with Gasteiger partial charge < -0.3 is 0 Å². The summed E-state index contributed by atoms with van der Waals surface area (Å²) in [6.45, 7) is 1.90. The van der Waals surface area contributed by atoms with Crippen molar-refractivity contribution < 1.29 is 13.2 Å². The summed E-state index contributed by atoms with van der Waals surface area (Å²) in [6.07, 6.45) is -4.26. The molecule has 0 aliphatic heterocycles. The zero-order valence-electron chi connectivity index (χ0n) is 7.36. The van der Waals surface area contributed by atoms with Crippen LogP contribution in [0, 0.1) is 0 Å². The monoisotopic (exact) mass is 284 g/mol. The van der Waals surface area contributed by atoms with Gasteiger partial charge in [-0.2, -0.15) is 13.2 Å². The largest absolute Gasteiger partial charge is 0.416 e. The van der Waals surface area contributed by atoms with E-state index in [0.717, 1.165) is 17.9 Å². The molecule has 0 aliphatic carbocycles. The van der Waals surface area contributed by atoms with Crippen molar-refractivity contribution in [1.29, 1.82) is 0 Å². The first-order valence-electron chi connectivity index (χ1n) is 3.94. The molecule has 0 atom stereocenters. The molecule has 0 saturated heterocycles. The Labute approximate surface area is 93.0 Å². The van der Waals surface area contributed by atoms with Gasteiger partial charge in [-0.25, -0.2) is 0 Å². The molecule has 0 heterocycles. The molecule has 0 radical (unpaired) electrons. The standard InChI is InChI=1S/C9H8BrF3S/c1-2-14-8-5-6(9(11,12)13)3-4-7(8)10/h3-5H,2H2,1H3. The first kappa shape index (κ1) is 11.9. The van der Waals surface area contributed by atoms with E-state index >= 15 is 0 Å². The Kier molecular flexibility index (Phi) is 3.89. The molecule has 0 amide bonds. The van der Waals surface area contributed by atoms with Gasteiger partial charge in [0.25, 0.3) is 0 Å². The highest BCUT2D eigenvalue weighted by molar-refractivity contribution is 9.10. The predicted octanol–water partition coefficient (Wildman–Crippen LogP) is 4.58. The summed E-state index contributed by atoms with van der Waals surface area (Å²) in [7, 11) is 0. The van der Waals surface area contributed by atoms with Crippen LogP contribution < -0.4 is 0 Å². The van der Waals surface area contributed by atoms with Crippen LogP contribution in [0.4, 0.5) is 13.2 Å². The highest BCUT2D eigenvalue weighted by atomic mass is 79.9. The molecule has 0 unspecified atom stereocenters. The van der Waals surface area contributed by atoms with E-state index in [9.17, 15) is 13.2 Å². The fourth-order valence-electron chi connectivity index (χ4n) is 0.946. The number of benzene rings is 1. The fraction of sp³-hybridized carbons (Fsp3) is 0.333. The average Bonchev–Trinajstić information content (AvgIpc) is 2.07. The molecule has 5 heteroatoms. The van der Waals surface area contributed by atoms with Crippen molar-refractivity contribution in [1.82, 2.24) is 0 Å². The van der Waals surface area contributed by atoms with Gasteiger partial charge in [0.1, 0.15) is 0 Å². The van der Waals surface area contributed by atoms with Gasteiger partial charge >= 0.3 is 6.18 Å². The second-order valence-electron chi connectivity index (χ2n) is 2.58. The van der Waals surface area contributed by atoms with Gasteiger partial charge in [0, 0.05) is 9.37 Å². The van der Waals surface area contributed by atoms with E-state index in [1.165, 1.54) is 17.8 Å². The van der Waals surface area contributed by atoms with Crippen molar-refractivity contribution in [2.75, 3.05) is 5.75 Å². The molecule has 78 valence electrons. The summed E-state index contributed by atoms with van der Waals surface area (Å²) in [5, 5.41) is 0. The molecule has 0 aromatic heterocycles. The minimum absolute atomic E-state index is 0.600. The van der Waals surface area contributed by atoms with Gasteiger partial charge in [-0.15, -0.1) is 11.8 Å². The molecule has 0 spiro atoms. The molecule has 0 nitrogen and oxygen atoms in total. The highest BCUT2D eigenvalue weighted by Crippen LogP contribution is 2.35. The van der Waals surface area contributed by atoms with E-state index < -0.39 is 11.7 Å². The predicted molar refractivity (Wildman–Crippen MR) is 55.5 cm³/mol. The second-order valence-corrected chi connectivity index (χ2v) is 4.74. The van der Waals surface area contributed by atoms with Gasteiger partial charge in [-0.3, -0.25) is 0 Å². The van der Waals surface area contributed by atoms with Crippen molar-refractivity contribution in [3.8, 4) is 0 Å². The van der Waals surface area contributed by atoms with Crippen LogP contribution in [0.25, 0.3) is 0 Å². The quantitative estimate of drug-likeness (QED) is 0.717. The first-order valence-corrected chi connectivity index (χ1v) is 5.72. The summed E-state index contributed by atoms with van der Waals surface area (Å²) in [5.41, 5.74) is -0.600. The van der Waals surface area contributed by atoms with Crippen LogP contribution in [0.15, 0.2) is 27.6 Å². The Bertz CT molecular complexity index is 322. The van der Waals surface area contributed by atoms with Gasteiger partial charge in [0.2, 0.25) is 0 Å². The Balaban J connectivity index is 3.06. The Morgan fingerprint density at radius 3 is 2.50 bits per heavy atom. The summed E-state index contributed by atoms with van der Waals surface area (Å²) in [4.78, 5) is 0.627. The minimum atomic E-state index is -4.26. The molecular formula is C9H8BrF3S. The van der Waals surface area contributed by atoms with Crippen LogP contribution in [0.1, 0.15) is 12.5 Å². The lowest BCUT2D eigenvalue weighted by Gasteiger charge is -2.09. The van der Waals surface area contributed by atoms with E-state index in [0.29, 0.717) is 9.37 Å². The minimum Gasteiger partial charge on any atom is -0.166 e. The maximum Gasteiger partial charge on any atom is 0.416 e. The lowest BCUT2D eigenvalue weighted by atomic mass is 10.2. The van der Waals surface area contributed by atoms with Crippen molar-refractivity contribution >= 4 is 27.7 Å². The normalized spacial score (nSPS) is 11.8. The fourth-order valence-corrected chi connectivity index (χ4v) is 2.26. The highest BCUT2D eigenvalue weighted by Gasteiger charge is 2.30. The lowest BCUT2D eigenvalue weighted by molar-refractivity contribution is -0.137. The second kappa shape index (κ2) is 4.57. The van der Waals surface area contributed by atoms with Gasteiger partial charge in [-0.05, 0) is 39.9 Å². The number of hydrogen-bond acceptors (Lipinski definition) is 1. The number of hydrogen-bond donors (Lipinski definition) is 0. The topological polar surface area (TPSA) is 0 Å². The number of alkyl halides is 3. The van der Waals surface area contributed by atoms with Crippen LogP contribution >= 0.6 is 27.7 Å². The molecule has 0 aliphatic rings. The maximum absolute atomic E-state index is 12.3. The number of thioether (sulfide) groups is 1. The van der Waals surface area contributed by atoms with E-state index in [2.05, 4.69) is 15.9 Å². The molecular weight excluding hydrogens is 277 g/mol. The van der Waals surface area contributed by atoms with Crippen molar-refractivity contribution in [3.05, 3.63) is 28.2 Å². The van der Waals surface area contributed by atoms with Gasteiger partial charge in [0.15, 0.2) is 0 Å². The van der Waals surface area contributed by atoms with Gasteiger partial charge in [-0.1, -0.05) is 6.92 Å². The van der Waals surface area contributed by atoms with Crippen LogP contribution in [0.5, 0.6) is 0 Å². The smallest absolute Gasteiger partial charge is 0.166 e. The molecule has 1 aromatic rings. The third-order valence-electron chi connectivity index (χ3n) is 1.56. The Morgan fingerprint density at radius 1 is 1.36 bits per heavy atom. The van der Waals surface area contributed by atoms with Crippen molar-refractivity contribution in [3.63, 3.8) is 0 Å². The number of halogens is 4. The van der Waals surface area contributed by atoms with E-state index in [1.807, 2.05) is 6.92 Å². The van der Waals surface area contributed by atoms with Crippen LogP contribution in [-0.2, 0) is 6.18 Å². The maximum atomic E-state index is 12.3. The molecule has 0 saturated carbocycles. The van der Waals surface area contributed by atoms with Crippen LogP contribution in [0.2, 0.25) is 0 Å². The van der Waals surface area contributed by atoms with Crippen molar-refractivity contribution in [2.45, 2.75) is 18.0 Å². The first-order chi connectivity index (χ1) is 6.45. The van der Waals surface area contributed by atoms with Crippen LogP contribution in [-0.4, -0.2) is 5.75 Å². The van der Waals surface area contributed by atoms with Crippen molar-refractivity contribution in [2.24, 2.45) is 0 Å². The Morgan fingerprint density at radius 2 is 2.00 bits per heavy atom. The zero-order chi connectivity index (χ0) is 10.8. The summed E-state index contributed by atoms with van der Waals surface area (Å²) >= 11 is 4.60. The van der Waals surface area contributed by atoms with E-state index in [-0.39, 0.29) is 0 Å². The summed E-state index contributed by atoms with van der Waals surface area (Å²) < 4.78 is 37.7. The average molecular weight is 285 g/mol. The molecule has 0 fully saturated rings. The van der Waals surface area contributed by atoms with E-state index in [4.69, 9.17) is 0 Å². The SMILES string of the molecule is CCSc1cc(C(F)(F)F)ccc1Br. The van der Waals surface area contributed by atoms with E-state index in [1.54, 1.807) is 0 Å². The lowest BCUT2D eigenvalue weighted by Crippen LogP contribution is -2.04. The third-order valence-corrected chi connectivity index (χ3v) is 3.45. The molecule has 0 N–H and O–H groups in total.